The van der Waals surface area contributed by atoms with Crippen LogP contribution in [0.3, 0.4) is 0 Å². The molecule has 1 amide bonds. The van der Waals surface area contributed by atoms with Crippen LogP contribution in [-0.4, -0.2) is 48.4 Å². The van der Waals surface area contributed by atoms with Gasteiger partial charge in [-0.05, 0) is 30.8 Å². The Bertz CT molecular complexity index is 417. The first-order valence-corrected chi connectivity index (χ1v) is 7.70. The van der Waals surface area contributed by atoms with Gasteiger partial charge in [0, 0.05) is 31.1 Å². The maximum absolute atomic E-state index is 12.7. The highest BCUT2D eigenvalue weighted by Crippen LogP contribution is 2.51. The Balaban J connectivity index is 1.69. The fourth-order valence-electron chi connectivity index (χ4n) is 2.81. The molecule has 0 unspecified atom stereocenters. The zero-order valence-electron chi connectivity index (χ0n) is 10.9. The molecule has 1 aliphatic heterocycles. The van der Waals surface area contributed by atoms with Crippen LogP contribution in [0, 0.1) is 0 Å². The number of rotatable bonds is 3. The summed E-state index contributed by atoms with van der Waals surface area (Å²) in [5.41, 5.74) is -0.136. The van der Waals surface area contributed by atoms with Gasteiger partial charge >= 0.3 is 0 Å². The van der Waals surface area contributed by atoms with Crippen LogP contribution >= 0.6 is 11.3 Å². The molecule has 1 aromatic heterocycles. The van der Waals surface area contributed by atoms with Crippen LogP contribution in [0.5, 0.6) is 0 Å². The van der Waals surface area contributed by atoms with Gasteiger partial charge in [0.05, 0.1) is 5.41 Å². The predicted molar refractivity (Wildman–Crippen MR) is 73.9 cm³/mol. The first-order chi connectivity index (χ1) is 8.76. The second kappa shape index (κ2) is 4.67. The number of piperazine rings is 1. The Hall–Kier alpha value is -0.870. The second-order valence-electron chi connectivity index (χ2n) is 5.29. The zero-order chi connectivity index (χ0) is 12.6. The topological polar surface area (TPSA) is 23.6 Å². The highest BCUT2D eigenvalue weighted by atomic mass is 32.1. The molecular weight excluding hydrogens is 244 g/mol. The number of thiophene rings is 1. The van der Waals surface area contributed by atoms with Crippen molar-refractivity contribution in [3.63, 3.8) is 0 Å². The minimum atomic E-state index is -0.136. The summed E-state index contributed by atoms with van der Waals surface area (Å²) < 4.78 is 0. The van der Waals surface area contributed by atoms with E-state index in [9.17, 15) is 4.79 Å². The van der Waals surface area contributed by atoms with Crippen molar-refractivity contribution in [2.45, 2.75) is 25.2 Å². The Labute approximate surface area is 112 Å². The van der Waals surface area contributed by atoms with Gasteiger partial charge in [-0.1, -0.05) is 13.0 Å². The van der Waals surface area contributed by atoms with Crippen molar-refractivity contribution < 1.29 is 4.79 Å². The molecule has 0 spiro atoms. The van der Waals surface area contributed by atoms with Crippen LogP contribution in [0.15, 0.2) is 17.5 Å². The molecule has 0 bridgehead atoms. The smallest absolute Gasteiger partial charge is 0.234 e. The average molecular weight is 264 g/mol. The number of nitrogens with zero attached hydrogens (tertiary/aromatic N) is 2. The highest BCUT2D eigenvalue weighted by molar-refractivity contribution is 7.10. The third-order valence-corrected chi connectivity index (χ3v) is 5.33. The maximum atomic E-state index is 12.7. The van der Waals surface area contributed by atoms with Crippen LogP contribution in [0.1, 0.15) is 24.6 Å². The fraction of sp³-hybridized carbons (Fsp3) is 0.643. The lowest BCUT2D eigenvalue weighted by Crippen LogP contribution is -2.51. The van der Waals surface area contributed by atoms with Gasteiger partial charge in [0.2, 0.25) is 5.91 Å². The van der Waals surface area contributed by atoms with Gasteiger partial charge in [-0.2, -0.15) is 0 Å². The molecule has 2 heterocycles. The molecule has 2 aliphatic rings. The van der Waals surface area contributed by atoms with Gasteiger partial charge in [0.15, 0.2) is 0 Å². The van der Waals surface area contributed by atoms with E-state index in [-0.39, 0.29) is 5.41 Å². The summed E-state index contributed by atoms with van der Waals surface area (Å²) in [7, 11) is 0. The van der Waals surface area contributed by atoms with Crippen molar-refractivity contribution in [1.29, 1.82) is 0 Å². The van der Waals surface area contributed by atoms with Gasteiger partial charge < -0.3 is 9.80 Å². The molecule has 98 valence electrons. The Kier molecular flexibility index (Phi) is 3.16. The van der Waals surface area contributed by atoms with E-state index >= 15 is 0 Å². The van der Waals surface area contributed by atoms with Crippen LogP contribution in [0.2, 0.25) is 0 Å². The molecule has 18 heavy (non-hydrogen) atoms. The van der Waals surface area contributed by atoms with E-state index in [0.29, 0.717) is 5.91 Å². The first-order valence-electron chi connectivity index (χ1n) is 6.82. The van der Waals surface area contributed by atoms with Crippen molar-refractivity contribution in [1.82, 2.24) is 9.80 Å². The average Bonchev–Trinajstić information content (AvgIpc) is 3.05. The van der Waals surface area contributed by atoms with Crippen LogP contribution in [-0.2, 0) is 10.2 Å². The minimum Gasteiger partial charge on any atom is -0.339 e. The van der Waals surface area contributed by atoms with Crippen molar-refractivity contribution >= 4 is 17.2 Å². The summed E-state index contributed by atoms with van der Waals surface area (Å²) in [6.07, 6.45) is 2.08. The van der Waals surface area contributed by atoms with Gasteiger partial charge in [0.1, 0.15) is 0 Å². The summed E-state index contributed by atoms with van der Waals surface area (Å²) in [6.45, 7) is 7.15. The van der Waals surface area contributed by atoms with E-state index in [1.54, 1.807) is 11.3 Å². The summed E-state index contributed by atoms with van der Waals surface area (Å²) in [5.74, 6) is 0.376. The number of hydrogen-bond acceptors (Lipinski definition) is 3. The fourth-order valence-corrected chi connectivity index (χ4v) is 3.79. The summed E-state index contributed by atoms with van der Waals surface area (Å²) in [6, 6.07) is 4.18. The van der Waals surface area contributed by atoms with Crippen molar-refractivity contribution in [3.05, 3.63) is 22.4 Å². The SMILES string of the molecule is CCN1CCN(C(=O)C2(c3cccs3)CC2)CC1. The molecule has 4 heteroatoms. The van der Waals surface area contributed by atoms with Crippen molar-refractivity contribution in [2.75, 3.05) is 32.7 Å². The Morgan fingerprint density at radius 2 is 2.06 bits per heavy atom. The molecule has 0 aromatic carbocycles. The molecule has 0 atom stereocenters. The minimum absolute atomic E-state index is 0.136. The molecule has 3 nitrogen and oxygen atoms in total. The molecule has 1 saturated heterocycles. The van der Waals surface area contributed by atoms with Gasteiger partial charge in [-0.15, -0.1) is 11.3 Å². The van der Waals surface area contributed by atoms with Gasteiger partial charge in [0.25, 0.3) is 0 Å². The molecule has 1 saturated carbocycles. The zero-order valence-corrected chi connectivity index (χ0v) is 11.7. The van der Waals surface area contributed by atoms with Crippen LogP contribution in [0.25, 0.3) is 0 Å². The van der Waals surface area contributed by atoms with E-state index in [1.165, 1.54) is 4.88 Å². The van der Waals surface area contributed by atoms with Gasteiger partial charge in [-0.25, -0.2) is 0 Å². The summed E-state index contributed by atoms with van der Waals surface area (Å²) in [4.78, 5) is 18.5. The normalized spacial score (nSPS) is 23.1. The number of carbonyl (C=O) groups is 1. The van der Waals surface area contributed by atoms with Crippen molar-refractivity contribution in [2.24, 2.45) is 0 Å². The number of carbonyl (C=O) groups excluding carboxylic acids is 1. The van der Waals surface area contributed by atoms with E-state index < -0.39 is 0 Å². The molecule has 1 aromatic rings. The van der Waals surface area contributed by atoms with E-state index in [1.807, 2.05) is 0 Å². The molecule has 0 N–H and O–H groups in total. The molecular formula is C14H20N2OS. The van der Waals surface area contributed by atoms with Crippen LogP contribution in [0.4, 0.5) is 0 Å². The second-order valence-corrected chi connectivity index (χ2v) is 6.23. The number of hydrogen-bond donors (Lipinski definition) is 0. The lowest BCUT2D eigenvalue weighted by molar-refractivity contribution is -0.135. The van der Waals surface area contributed by atoms with Crippen LogP contribution < -0.4 is 0 Å². The summed E-state index contributed by atoms with van der Waals surface area (Å²) in [5, 5.41) is 2.08. The Morgan fingerprint density at radius 1 is 1.33 bits per heavy atom. The lowest BCUT2D eigenvalue weighted by Gasteiger charge is -2.36. The molecule has 1 aliphatic carbocycles. The van der Waals surface area contributed by atoms with E-state index in [0.717, 1.165) is 45.6 Å². The number of likely N-dealkylation sites (N-methyl/N-ethyl adjacent to an activating group) is 1. The maximum Gasteiger partial charge on any atom is 0.234 e. The summed E-state index contributed by atoms with van der Waals surface area (Å²) >= 11 is 1.73. The Morgan fingerprint density at radius 3 is 2.56 bits per heavy atom. The lowest BCUT2D eigenvalue weighted by atomic mass is 10.0. The van der Waals surface area contributed by atoms with E-state index in [2.05, 4.69) is 34.2 Å². The predicted octanol–water partition coefficient (Wildman–Crippen LogP) is 1.94. The molecule has 0 radical (unpaired) electrons. The largest absolute Gasteiger partial charge is 0.339 e. The molecule has 3 rings (SSSR count). The van der Waals surface area contributed by atoms with Crippen molar-refractivity contribution in [3.8, 4) is 0 Å². The van der Waals surface area contributed by atoms with E-state index in [4.69, 9.17) is 0 Å². The monoisotopic (exact) mass is 264 g/mol. The first kappa shape index (κ1) is 12.2. The highest BCUT2D eigenvalue weighted by Gasteiger charge is 2.53. The quantitative estimate of drug-likeness (QED) is 0.833. The third-order valence-electron chi connectivity index (χ3n) is 4.26. The number of amides is 1. The standard InChI is InChI=1S/C14H20N2OS/c1-2-15-7-9-16(10-8-15)13(17)14(5-6-14)12-4-3-11-18-12/h3-4,11H,2,5-10H2,1H3. The van der Waals surface area contributed by atoms with Gasteiger partial charge in [-0.3, -0.25) is 4.79 Å². The molecule has 2 fully saturated rings. The third kappa shape index (κ3) is 1.97.